The van der Waals surface area contributed by atoms with Crippen LogP contribution in [-0.4, -0.2) is 47.2 Å². The minimum absolute atomic E-state index is 0.0646. The van der Waals surface area contributed by atoms with E-state index in [1.165, 1.54) is 18.2 Å². The first kappa shape index (κ1) is 29.8. The van der Waals surface area contributed by atoms with Crippen molar-refractivity contribution >= 4 is 52.2 Å². The van der Waals surface area contributed by atoms with E-state index in [2.05, 4.69) is 20.4 Å². The van der Waals surface area contributed by atoms with E-state index in [0.29, 0.717) is 28.2 Å². The van der Waals surface area contributed by atoms with E-state index >= 15 is 0 Å². The molecule has 9 nitrogen and oxygen atoms in total. The third kappa shape index (κ3) is 6.26. The lowest BCUT2D eigenvalue weighted by Crippen LogP contribution is -2.39. The molecule has 43 heavy (non-hydrogen) atoms. The molecule has 3 heterocycles. The third-order valence-corrected chi connectivity index (χ3v) is 7.78. The number of Topliss-reactive ketones (excluding diaryl/α,β-unsaturated/α-hetero) is 1. The van der Waals surface area contributed by atoms with Crippen LogP contribution in [0.25, 0.3) is 16.7 Å². The van der Waals surface area contributed by atoms with Gasteiger partial charge in [-0.1, -0.05) is 24.6 Å². The maximum absolute atomic E-state index is 14.7. The molecule has 0 saturated heterocycles. The molecule has 2 aromatic carbocycles. The molecule has 0 spiro atoms. The molecular weight excluding hydrogens is 582 g/mol. The van der Waals surface area contributed by atoms with E-state index in [4.69, 9.17) is 11.6 Å². The molecule has 12 heteroatoms. The Morgan fingerprint density at radius 3 is 2.65 bits per heavy atom. The van der Waals surface area contributed by atoms with Gasteiger partial charge in [-0.2, -0.15) is 0 Å². The van der Waals surface area contributed by atoms with Crippen LogP contribution in [0.1, 0.15) is 43.5 Å². The molecule has 5 rings (SSSR count). The number of carbonyl (C=O) groups excluding carboxylic acids is 4. The fourth-order valence-electron chi connectivity index (χ4n) is 5.29. The minimum atomic E-state index is -0.944. The van der Waals surface area contributed by atoms with Gasteiger partial charge in [-0.15, -0.1) is 0 Å². The Morgan fingerprint density at radius 2 is 1.91 bits per heavy atom. The normalized spacial score (nSPS) is 19.0. The molecule has 0 aliphatic carbocycles. The number of aromatic nitrogens is 1. The molecule has 3 aromatic rings. The van der Waals surface area contributed by atoms with Crippen LogP contribution in [0.4, 0.5) is 25.0 Å². The van der Waals surface area contributed by atoms with Gasteiger partial charge in [0.1, 0.15) is 11.6 Å². The summed E-state index contributed by atoms with van der Waals surface area (Å²) < 4.78 is 33.9. The SMILES string of the molecule is COC(=O)Nc1ccc2c(c1)NC(=O)C(C)CC(=O)CC(N1CCC(c3c(F)ccc(Cl)c3F)=CC1=O)c1cc-2ccn1. The van der Waals surface area contributed by atoms with Crippen LogP contribution in [0.5, 0.6) is 0 Å². The number of anilines is 2. The van der Waals surface area contributed by atoms with Crippen LogP contribution >= 0.6 is 11.6 Å². The van der Waals surface area contributed by atoms with E-state index < -0.39 is 41.5 Å². The molecule has 2 atom stereocenters. The number of fused-ring (bicyclic) bond motifs is 4. The fourth-order valence-corrected chi connectivity index (χ4v) is 5.45. The maximum Gasteiger partial charge on any atom is 0.411 e. The zero-order valence-corrected chi connectivity index (χ0v) is 24.0. The highest BCUT2D eigenvalue weighted by molar-refractivity contribution is 6.31. The third-order valence-electron chi connectivity index (χ3n) is 7.49. The maximum atomic E-state index is 14.7. The van der Waals surface area contributed by atoms with Gasteiger partial charge in [0, 0.05) is 48.8 Å². The first-order valence-corrected chi connectivity index (χ1v) is 13.9. The lowest BCUT2D eigenvalue weighted by molar-refractivity contribution is -0.131. The smallest absolute Gasteiger partial charge is 0.411 e. The number of ether oxygens (including phenoxy) is 1. The molecule has 0 saturated carbocycles. The van der Waals surface area contributed by atoms with Crippen molar-refractivity contribution in [3.63, 3.8) is 0 Å². The molecule has 0 radical (unpaired) electrons. The predicted molar refractivity (Wildman–Crippen MR) is 156 cm³/mol. The molecule has 2 aliphatic rings. The second-order valence-corrected chi connectivity index (χ2v) is 10.8. The summed E-state index contributed by atoms with van der Waals surface area (Å²) in [6.07, 6.45) is 1.91. The number of rotatable bonds is 3. The highest BCUT2D eigenvalue weighted by atomic mass is 35.5. The fraction of sp³-hybridized carbons (Fsp3) is 0.258. The number of pyridine rings is 1. The van der Waals surface area contributed by atoms with E-state index in [9.17, 15) is 28.0 Å². The molecule has 2 N–H and O–H groups in total. The summed E-state index contributed by atoms with van der Waals surface area (Å²) in [6.45, 7) is 1.69. The quantitative estimate of drug-likeness (QED) is 0.344. The van der Waals surface area contributed by atoms with Gasteiger partial charge in [0.15, 0.2) is 5.82 Å². The van der Waals surface area contributed by atoms with Crippen LogP contribution in [0, 0.1) is 17.6 Å². The van der Waals surface area contributed by atoms with Gasteiger partial charge < -0.3 is 15.0 Å². The van der Waals surface area contributed by atoms with Gasteiger partial charge in [-0.05, 0) is 54.0 Å². The van der Waals surface area contributed by atoms with Gasteiger partial charge in [0.2, 0.25) is 11.8 Å². The molecule has 2 unspecified atom stereocenters. The summed E-state index contributed by atoms with van der Waals surface area (Å²) in [5.74, 6) is -3.69. The van der Waals surface area contributed by atoms with Crippen molar-refractivity contribution in [3.05, 3.63) is 82.7 Å². The predicted octanol–water partition coefficient (Wildman–Crippen LogP) is 6.15. The molecule has 2 aliphatic heterocycles. The summed E-state index contributed by atoms with van der Waals surface area (Å²) >= 11 is 5.87. The highest BCUT2D eigenvalue weighted by Gasteiger charge is 2.33. The van der Waals surface area contributed by atoms with Crippen LogP contribution in [0.2, 0.25) is 5.02 Å². The summed E-state index contributed by atoms with van der Waals surface area (Å²) in [7, 11) is 1.23. The van der Waals surface area contributed by atoms with Crippen LogP contribution < -0.4 is 10.6 Å². The molecule has 1 aromatic heterocycles. The van der Waals surface area contributed by atoms with E-state index in [0.717, 1.165) is 18.2 Å². The molecule has 2 bridgehead atoms. The van der Waals surface area contributed by atoms with Crippen molar-refractivity contribution in [2.24, 2.45) is 5.92 Å². The van der Waals surface area contributed by atoms with Crippen LogP contribution in [-0.2, 0) is 19.1 Å². The Morgan fingerprint density at radius 1 is 1.12 bits per heavy atom. The zero-order valence-electron chi connectivity index (χ0n) is 23.2. The van der Waals surface area contributed by atoms with Crippen molar-refractivity contribution in [2.75, 3.05) is 24.3 Å². The Balaban J connectivity index is 1.55. The average molecular weight is 609 g/mol. The van der Waals surface area contributed by atoms with Crippen molar-refractivity contribution in [1.29, 1.82) is 0 Å². The summed E-state index contributed by atoms with van der Waals surface area (Å²) in [6, 6.07) is 9.74. The van der Waals surface area contributed by atoms with Crippen molar-refractivity contribution in [1.82, 2.24) is 9.88 Å². The van der Waals surface area contributed by atoms with Crippen LogP contribution in [0.15, 0.2) is 54.7 Å². The largest absolute Gasteiger partial charge is 0.453 e. The van der Waals surface area contributed by atoms with Crippen molar-refractivity contribution in [2.45, 2.75) is 32.2 Å². The van der Waals surface area contributed by atoms with Gasteiger partial charge in [0.05, 0.1) is 35.1 Å². The number of methoxy groups -OCH3 is 1. The number of hydrogen-bond acceptors (Lipinski definition) is 6. The van der Waals surface area contributed by atoms with Gasteiger partial charge in [0.25, 0.3) is 0 Å². The Hall–Kier alpha value is -4.64. The summed E-state index contributed by atoms with van der Waals surface area (Å²) in [4.78, 5) is 57.5. The topological polar surface area (TPSA) is 118 Å². The summed E-state index contributed by atoms with van der Waals surface area (Å²) in [5, 5.41) is 5.16. The number of nitrogens with zero attached hydrogens (tertiary/aromatic N) is 2. The number of benzene rings is 2. The standard InChI is InChI=1S/C31H27ClF2N4O5/c1-16-11-20(39)15-26(38-10-8-18(13-27(38)40)28-23(33)6-5-22(32)29(28)34)25-12-17(7-9-35-25)21-4-3-19(36-31(42)43-2)14-24(21)37-30(16)41/h3-7,9,12-14,16,26H,8,10-11,15H2,1-2H3,(H,36,42)(H,37,41). The Kier molecular flexibility index (Phi) is 8.54. The lowest BCUT2D eigenvalue weighted by Gasteiger charge is -2.34. The lowest BCUT2D eigenvalue weighted by atomic mass is 9.92. The number of ketones is 1. The number of halogens is 3. The Bertz CT molecular complexity index is 1680. The number of nitrogens with one attached hydrogen (secondary N) is 2. The molecular formula is C31H27ClF2N4O5. The monoisotopic (exact) mass is 608 g/mol. The number of carbonyl (C=O) groups is 4. The second kappa shape index (κ2) is 12.3. The van der Waals surface area contributed by atoms with Gasteiger partial charge >= 0.3 is 6.09 Å². The van der Waals surface area contributed by atoms with E-state index in [-0.39, 0.29) is 47.7 Å². The number of amides is 3. The van der Waals surface area contributed by atoms with E-state index in [1.54, 1.807) is 37.3 Å². The van der Waals surface area contributed by atoms with E-state index in [1.807, 2.05) is 0 Å². The molecule has 3 amide bonds. The van der Waals surface area contributed by atoms with Gasteiger partial charge in [-0.25, -0.2) is 13.6 Å². The minimum Gasteiger partial charge on any atom is -0.453 e. The highest BCUT2D eigenvalue weighted by Crippen LogP contribution is 2.37. The van der Waals surface area contributed by atoms with Crippen molar-refractivity contribution < 1.29 is 32.7 Å². The molecule has 222 valence electrons. The molecule has 0 fully saturated rings. The Labute approximate surface area is 250 Å². The zero-order chi connectivity index (χ0) is 30.8. The van der Waals surface area contributed by atoms with Crippen LogP contribution in [0.3, 0.4) is 0 Å². The second-order valence-electron chi connectivity index (χ2n) is 10.4. The first-order chi connectivity index (χ1) is 20.5. The average Bonchev–Trinajstić information content (AvgIpc) is 2.98. The first-order valence-electron chi connectivity index (χ1n) is 13.5. The van der Waals surface area contributed by atoms with Gasteiger partial charge in [-0.3, -0.25) is 24.7 Å². The number of hydrogen-bond donors (Lipinski definition) is 2. The summed E-state index contributed by atoms with van der Waals surface area (Å²) in [5.41, 5.74) is 2.26. The van der Waals surface area contributed by atoms with Crippen molar-refractivity contribution in [3.8, 4) is 11.1 Å².